The van der Waals surface area contributed by atoms with E-state index in [1.165, 1.54) is 0 Å². The maximum atomic E-state index is 11.7. The lowest BCUT2D eigenvalue weighted by molar-refractivity contribution is -0.140. The van der Waals surface area contributed by atoms with Gasteiger partial charge in [-0.2, -0.15) is 13.2 Å². The Morgan fingerprint density at radius 2 is 1.68 bits per heavy atom. The van der Waals surface area contributed by atoms with Crippen molar-refractivity contribution in [2.75, 3.05) is 24.6 Å². The summed E-state index contributed by atoms with van der Waals surface area (Å²) in [4.78, 5) is 32.2. The summed E-state index contributed by atoms with van der Waals surface area (Å²) < 4.78 is 35.2. The first-order chi connectivity index (χ1) is 8.70. The van der Waals surface area contributed by atoms with Gasteiger partial charge in [0.2, 0.25) is 11.8 Å². The van der Waals surface area contributed by atoms with Gasteiger partial charge in [0.15, 0.2) is 0 Å². The predicted molar refractivity (Wildman–Crippen MR) is 61.7 cm³/mol. The van der Waals surface area contributed by atoms with Crippen molar-refractivity contribution < 1.29 is 32.7 Å². The van der Waals surface area contributed by atoms with Gasteiger partial charge in [-0.05, 0) is 0 Å². The third-order valence-electron chi connectivity index (χ3n) is 1.60. The SMILES string of the molecule is O=C(O)CSCCNC(=O)CC(=O)NCC(F)(F)F. The Morgan fingerprint density at radius 1 is 1.11 bits per heavy atom. The Bertz CT molecular complexity index is 336. The standard InChI is InChI=1S/C9H13F3N2O4S/c10-9(11,12)5-14-7(16)3-6(15)13-1-2-19-4-8(17)18/h1-5H2,(H,13,15)(H,14,16)(H,17,18). The van der Waals surface area contributed by atoms with E-state index in [1.807, 2.05) is 0 Å². The zero-order valence-electron chi connectivity index (χ0n) is 9.75. The molecule has 0 aromatic heterocycles. The highest BCUT2D eigenvalue weighted by molar-refractivity contribution is 7.99. The van der Waals surface area contributed by atoms with Gasteiger partial charge in [-0.15, -0.1) is 11.8 Å². The van der Waals surface area contributed by atoms with Crippen LogP contribution in [-0.2, 0) is 14.4 Å². The molecule has 0 heterocycles. The number of rotatable bonds is 8. The van der Waals surface area contributed by atoms with Crippen molar-refractivity contribution in [2.45, 2.75) is 12.6 Å². The summed E-state index contributed by atoms with van der Waals surface area (Å²) in [6, 6.07) is 0. The Labute approximate surface area is 111 Å². The molecule has 0 bridgehead atoms. The predicted octanol–water partition coefficient (Wildman–Crippen LogP) is -0.0110. The quantitative estimate of drug-likeness (QED) is 0.433. The molecule has 0 aliphatic carbocycles. The first-order valence-electron chi connectivity index (χ1n) is 5.10. The molecular weight excluding hydrogens is 289 g/mol. The second kappa shape index (κ2) is 8.62. The fourth-order valence-corrected chi connectivity index (χ4v) is 1.46. The molecule has 0 saturated heterocycles. The van der Waals surface area contributed by atoms with Crippen LogP contribution in [0.1, 0.15) is 6.42 Å². The van der Waals surface area contributed by atoms with Gasteiger partial charge in [0, 0.05) is 12.3 Å². The van der Waals surface area contributed by atoms with E-state index in [1.54, 1.807) is 5.32 Å². The van der Waals surface area contributed by atoms with E-state index < -0.39 is 36.9 Å². The zero-order chi connectivity index (χ0) is 14.9. The van der Waals surface area contributed by atoms with Crippen molar-refractivity contribution in [3.63, 3.8) is 0 Å². The number of thioether (sulfide) groups is 1. The Balaban J connectivity index is 3.63. The van der Waals surface area contributed by atoms with Crippen LogP contribution >= 0.6 is 11.8 Å². The van der Waals surface area contributed by atoms with Gasteiger partial charge in [-0.25, -0.2) is 0 Å². The minimum Gasteiger partial charge on any atom is -0.481 e. The van der Waals surface area contributed by atoms with Crippen LogP contribution in [0.4, 0.5) is 13.2 Å². The largest absolute Gasteiger partial charge is 0.481 e. The molecule has 0 unspecified atom stereocenters. The molecule has 3 N–H and O–H groups in total. The number of alkyl halides is 3. The summed E-state index contributed by atoms with van der Waals surface area (Å²) >= 11 is 1.07. The van der Waals surface area contributed by atoms with Crippen LogP contribution in [-0.4, -0.2) is 53.7 Å². The van der Waals surface area contributed by atoms with Gasteiger partial charge in [0.1, 0.15) is 13.0 Å². The second-order valence-corrected chi connectivity index (χ2v) is 4.47. The summed E-state index contributed by atoms with van der Waals surface area (Å²) in [5.41, 5.74) is 0. The zero-order valence-corrected chi connectivity index (χ0v) is 10.6. The van der Waals surface area contributed by atoms with Crippen molar-refractivity contribution in [2.24, 2.45) is 0 Å². The third kappa shape index (κ3) is 12.8. The number of carboxylic acids is 1. The van der Waals surface area contributed by atoms with Crippen molar-refractivity contribution in [1.29, 1.82) is 0 Å². The summed E-state index contributed by atoms with van der Waals surface area (Å²) in [7, 11) is 0. The number of carboxylic acid groups (broad SMARTS) is 1. The molecule has 0 aromatic rings. The normalized spacial score (nSPS) is 10.9. The summed E-state index contributed by atoms with van der Waals surface area (Å²) in [6.07, 6.45) is -5.21. The highest BCUT2D eigenvalue weighted by Gasteiger charge is 2.27. The molecule has 6 nitrogen and oxygen atoms in total. The molecular formula is C9H13F3N2O4S. The number of carbonyl (C=O) groups is 3. The van der Waals surface area contributed by atoms with Crippen LogP contribution in [0.25, 0.3) is 0 Å². The molecule has 110 valence electrons. The Morgan fingerprint density at radius 3 is 2.21 bits per heavy atom. The minimum absolute atomic E-state index is 0.109. The van der Waals surface area contributed by atoms with Crippen molar-refractivity contribution in [3.05, 3.63) is 0 Å². The first-order valence-corrected chi connectivity index (χ1v) is 6.26. The molecule has 0 fully saturated rings. The lowest BCUT2D eigenvalue weighted by atomic mass is 10.3. The smallest absolute Gasteiger partial charge is 0.405 e. The lowest BCUT2D eigenvalue weighted by Gasteiger charge is -2.08. The molecule has 0 aliphatic rings. The molecule has 0 aromatic carbocycles. The monoisotopic (exact) mass is 302 g/mol. The van der Waals surface area contributed by atoms with E-state index in [-0.39, 0.29) is 12.3 Å². The van der Waals surface area contributed by atoms with E-state index >= 15 is 0 Å². The highest BCUT2D eigenvalue weighted by atomic mass is 32.2. The molecule has 0 rings (SSSR count). The molecule has 0 saturated carbocycles. The number of halogens is 3. The van der Waals surface area contributed by atoms with Crippen molar-refractivity contribution in [3.8, 4) is 0 Å². The van der Waals surface area contributed by atoms with E-state index in [0.29, 0.717) is 5.75 Å². The summed E-state index contributed by atoms with van der Waals surface area (Å²) in [6.45, 7) is -1.34. The summed E-state index contributed by atoms with van der Waals surface area (Å²) in [5, 5.41) is 12.2. The van der Waals surface area contributed by atoms with Crippen LogP contribution < -0.4 is 10.6 Å². The van der Waals surface area contributed by atoms with Gasteiger partial charge in [-0.3, -0.25) is 14.4 Å². The van der Waals surface area contributed by atoms with Gasteiger partial charge in [0.05, 0.1) is 5.75 Å². The minimum atomic E-state index is -4.51. The molecule has 2 amide bonds. The van der Waals surface area contributed by atoms with Gasteiger partial charge in [0.25, 0.3) is 0 Å². The van der Waals surface area contributed by atoms with Crippen molar-refractivity contribution >= 4 is 29.5 Å². The number of hydrogen-bond donors (Lipinski definition) is 3. The number of amides is 2. The first kappa shape index (κ1) is 17.6. The summed E-state index contributed by atoms with van der Waals surface area (Å²) in [5.74, 6) is -2.49. The number of aliphatic carboxylic acids is 1. The molecule has 0 aliphatic heterocycles. The van der Waals surface area contributed by atoms with Gasteiger partial charge >= 0.3 is 12.1 Å². The van der Waals surface area contributed by atoms with Crippen LogP contribution in [0.5, 0.6) is 0 Å². The molecule has 0 spiro atoms. The van der Waals surface area contributed by atoms with Gasteiger partial charge < -0.3 is 15.7 Å². The van der Waals surface area contributed by atoms with E-state index in [4.69, 9.17) is 5.11 Å². The molecule has 10 heteroatoms. The van der Waals surface area contributed by atoms with Crippen LogP contribution in [0, 0.1) is 0 Å². The number of hydrogen-bond acceptors (Lipinski definition) is 4. The van der Waals surface area contributed by atoms with E-state index in [0.717, 1.165) is 11.8 Å². The Kier molecular flexibility index (Phi) is 7.96. The topological polar surface area (TPSA) is 95.5 Å². The second-order valence-electron chi connectivity index (χ2n) is 3.36. The van der Waals surface area contributed by atoms with Crippen LogP contribution in [0.3, 0.4) is 0 Å². The lowest BCUT2D eigenvalue weighted by Crippen LogP contribution is -2.37. The third-order valence-corrected chi connectivity index (χ3v) is 2.55. The van der Waals surface area contributed by atoms with Gasteiger partial charge in [-0.1, -0.05) is 0 Å². The molecule has 0 radical (unpaired) electrons. The van der Waals surface area contributed by atoms with Crippen LogP contribution in [0.15, 0.2) is 0 Å². The highest BCUT2D eigenvalue weighted by Crippen LogP contribution is 2.12. The van der Waals surface area contributed by atoms with E-state index in [9.17, 15) is 27.6 Å². The average Bonchev–Trinajstić information content (AvgIpc) is 2.24. The average molecular weight is 302 g/mol. The Hall–Kier alpha value is -1.45. The maximum absolute atomic E-state index is 11.7. The fraction of sp³-hybridized carbons (Fsp3) is 0.667. The fourth-order valence-electron chi connectivity index (χ4n) is 0.892. The van der Waals surface area contributed by atoms with Crippen molar-refractivity contribution in [1.82, 2.24) is 10.6 Å². The maximum Gasteiger partial charge on any atom is 0.405 e. The molecule has 19 heavy (non-hydrogen) atoms. The van der Waals surface area contributed by atoms with Crippen LogP contribution in [0.2, 0.25) is 0 Å². The number of nitrogens with one attached hydrogen (secondary N) is 2. The van der Waals surface area contributed by atoms with E-state index in [2.05, 4.69) is 5.32 Å². The molecule has 0 atom stereocenters. The number of carbonyl (C=O) groups excluding carboxylic acids is 2.